The molecule has 1 N–H and O–H groups in total. The van der Waals surface area contributed by atoms with Crippen molar-refractivity contribution in [2.45, 2.75) is 25.9 Å². The molecule has 0 saturated carbocycles. The van der Waals surface area contributed by atoms with Gasteiger partial charge in [-0.05, 0) is 37.1 Å². The largest absolute Gasteiger partial charge is 0.347 e. The van der Waals surface area contributed by atoms with Gasteiger partial charge in [-0.1, -0.05) is 24.3 Å². The maximum absolute atomic E-state index is 12.0. The average molecular weight is 296 g/mol. The van der Waals surface area contributed by atoms with Crippen LogP contribution >= 0.6 is 0 Å². The highest BCUT2D eigenvalue weighted by Gasteiger charge is 2.14. The zero-order valence-corrected chi connectivity index (χ0v) is 12.5. The molecule has 3 rings (SSSR count). The number of carbonyl (C=O) groups excluding carboxylic acids is 1. The number of likely N-dealkylation sites (tertiary alicyclic amines) is 1. The predicted octanol–water partition coefficient (Wildman–Crippen LogP) is 2.00. The summed E-state index contributed by atoms with van der Waals surface area (Å²) < 4.78 is 0. The normalized spacial score (nSPS) is 14.9. The van der Waals surface area contributed by atoms with Gasteiger partial charge in [0.15, 0.2) is 0 Å². The number of carbonyl (C=O) groups is 1. The SMILES string of the molecule is O=C(NCc1ccccc1CN1CCCC1)c1cnccn1. The summed E-state index contributed by atoms with van der Waals surface area (Å²) in [4.78, 5) is 22.4. The number of nitrogens with zero attached hydrogens (tertiary/aromatic N) is 3. The first-order valence-corrected chi connectivity index (χ1v) is 7.66. The van der Waals surface area contributed by atoms with Gasteiger partial charge in [0.25, 0.3) is 5.91 Å². The summed E-state index contributed by atoms with van der Waals surface area (Å²) in [6.07, 6.45) is 7.13. The summed E-state index contributed by atoms with van der Waals surface area (Å²) in [5.41, 5.74) is 2.79. The Morgan fingerprint density at radius 2 is 1.91 bits per heavy atom. The van der Waals surface area contributed by atoms with Gasteiger partial charge >= 0.3 is 0 Å². The molecular formula is C17H20N4O. The van der Waals surface area contributed by atoms with E-state index in [2.05, 4.69) is 38.4 Å². The number of aromatic nitrogens is 2. The van der Waals surface area contributed by atoms with Crippen LogP contribution in [0.25, 0.3) is 0 Å². The molecule has 1 saturated heterocycles. The van der Waals surface area contributed by atoms with Crippen LogP contribution < -0.4 is 5.32 Å². The Morgan fingerprint density at radius 1 is 1.14 bits per heavy atom. The second-order valence-corrected chi connectivity index (χ2v) is 5.53. The first-order chi connectivity index (χ1) is 10.8. The molecule has 1 aliphatic rings. The zero-order chi connectivity index (χ0) is 15.2. The zero-order valence-electron chi connectivity index (χ0n) is 12.5. The molecule has 2 aromatic rings. The highest BCUT2D eigenvalue weighted by molar-refractivity contribution is 5.91. The first-order valence-electron chi connectivity index (χ1n) is 7.66. The highest BCUT2D eigenvalue weighted by atomic mass is 16.1. The van der Waals surface area contributed by atoms with Crippen molar-refractivity contribution < 1.29 is 4.79 Å². The molecule has 5 heteroatoms. The summed E-state index contributed by atoms with van der Waals surface area (Å²) in [5.74, 6) is -0.191. The third kappa shape index (κ3) is 3.68. The molecule has 5 nitrogen and oxygen atoms in total. The monoisotopic (exact) mass is 296 g/mol. The van der Waals surface area contributed by atoms with Crippen LogP contribution in [0.2, 0.25) is 0 Å². The maximum atomic E-state index is 12.0. The Balaban J connectivity index is 1.63. The van der Waals surface area contributed by atoms with Crippen molar-refractivity contribution in [1.82, 2.24) is 20.2 Å². The van der Waals surface area contributed by atoms with E-state index in [1.807, 2.05) is 6.07 Å². The van der Waals surface area contributed by atoms with Crippen LogP contribution in [-0.4, -0.2) is 33.9 Å². The Morgan fingerprint density at radius 3 is 2.64 bits per heavy atom. The third-order valence-corrected chi connectivity index (χ3v) is 3.95. The van der Waals surface area contributed by atoms with Crippen LogP contribution in [0.4, 0.5) is 0 Å². The molecule has 1 aromatic carbocycles. The predicted molar refractivity (Wildman–Crippen MR) is 84.2 cm³/mol. The standard InChI is InChI=1S/C17H20N4O/c22-17(16-12-18-7-8-19-16)20-11-14-5-1-2-6-15(14)13-21-9-3-4-10-21/h1-2,5-8,12H,3-4,9-11,13H2,(H,20,22). The summed E-state index contributed by atoms with van der Waals surface area (Å²) in [6.45, 7) is 3.80. The molecule has 0 radical (unpaired) electrons. The maximum Gasteiger partial charge on any atom is 0.271 e. The van der Waals surface area contributed by atoms with Gasteiger partial charge in [0.2, 0.25) is 0 Å². The lowest BCUT2D eigenvalue weighted by atomic mass is 10.1. The molecular weight excluding hydrogens is 276 g/mol. The lowest BCUT2D eigenvalue weighted by molar-refractivity contribution is 0.0945. The van der Waals surface area contributed by atoms with Crippen LogP contribution in [0.1, 0.15) is 34.5 Å². The molecule has 22 heavy (non-hydrogen) atoms. The quantitative estimate of drug-likeness (QED) is 0.917. The van der Waals surface area contributed by atoms with Gasteiger partial charge in [0.05, 0.1) is 6.20 Å². The molecule has 1 aliphatic heterocycles. The number of nitrogens with one attached hydrogen (secondary N) is 1. The summed E-state index contributed by atoms with van der Waals surface area (Å²) in [5, 5.41) is 2.92. The molecule has 0 unspecified atom stereocenters. The lowest BCUT2D eigenvalue weighted by Crippen LogP contribution is -2.25. The fourth-order valence-corrected chi connectivity index (χ4v) is 2.75. The van der Waals surface area contributed by atoms with E-state index in [9.17, 15) is 4.79 Å². The van der Waals surface area contributed by atoms with Gasteiger partial charge in [-0.25, -0.2) is 4.98 Å². The van der Waals surface area contributed by atoms with E-state index in [0.717, 1.165) is 12.1 Å². The van der Waals surface area contributed by atoms with Crippen LogP contribution in [0.3, 0.4) is 0 Å². The molecule has 0 aliphatic carbocycles. The van der Waals surface area contributed by atoms with E-state index < -0.39 is 0 Å². The Bertz CT molecular complexity index is 624. The van der Waals surface area contributed by atoms with Gasteiger partial charge in [-0.15, -0.1) is 0 Å². The fraction of sp³-hybridized carbons (Fsp3) is 0.353. The summed E-state index contributed by atoms with van der Waals surface area (Å²) in [7, 11) is 0. The van der Waals surface area contributed by atoms with Crippen LogP contribution in [-0.2, 0) is 13.1 Å². The minimum atomic E-state index is -0.191. The van der Waals surface area contributed by atoms with Crippen molar-refractivity contribution in [2.24, 2.45) is 0 Å². The van der Waals surface area contributed by atoms with Gasteiger partial charge in [0.1, 0.15) is 5.69 Å². The topological polar surface area (TPSA) is 58.1 Å². The Kier molecular flexibility index (Phi) is 4.75. The molecule has 114 valence electrons. The van der Waals surface area contributed by atoms with Crippen molar-refractivity contribution >= 4 is 5.91 Å². The minimum Gasteiger partial charge on any atom is -0.347 e. The van der Waals surface area contributed by atoms with Gasteiger partial charge < -0.3 is 5.32 Å². The smallest absolute Gasteiger partial charge is 0.271 e. The molecule has 1 fully saturated rings. The lowest BCUT2D eigenvalue weighted by Gasteiger charge is -2.17. The highest BCUT2D eigenvalue weighted by Crippen LogP contribution is 2.16. The number of amides is 1. The number of hydrogen-bond donors (Lipinski definition) is 1. The number of rotatable bonds is 5. The van der Waals surface area contributed by atoms with E-state index in [1.165, 1.54) is 43.9 Å². The van der Waals surface area contributed by atoms with Crippen molar-refractivity contribution in [2.75, 3.05) is 13.1 Å². The van der Waals surface area contributed by atoms with Gasteiger partial charge in [-0.3, -0.25) is 14.7 Å². The average Bonchev–Trinajstić information content (AvgIpc) is 3.07. The van der Waals surface area contributed by atoms with E-state index in [4.69, 9.17) is 0 Å². The molecule has 0 atom stereocenters. The van der Waals surface area contributed by atoms with Crippen molar-refractivity contribution in [3.63, 3.8) is 0 Å². The summed E-state index contributed by atoms with van der Waals surface area (Å²) in [6, 6.07) is 8.28. The van der Waals surface area contributed by atoms with E-state index >= 15 is 0 Å². The first kappa shape index (κ1) is 14.7. The number of benzene rings is 1. The second-order valence-electron chi connectivity index (χ2n) is 5.53. The Labute approximate surface area is 130 Å². The number of hydrogen-bond acceptors (Lipinski definition) is 4. The van der Waals surface area contributed by atoms with E-state index in [0.29, 0.717) is 12.2 Å². The van der Waals surface area contributed by atoms with Gasteiger partial charge in [-0.2, -0.15) is 0 Å². The van der Waals surface area contributed by atoms with Gasteiger partial charge in [0, 0.05) is 25.5 Å². The van der Waals surface area contributed by atoms with Crippen molar-refractivity contribution in [1.29, 1.82) is 0 Å². The summed E-state index contributed by atoms with van der Waals surface area (Å²) >= 11 is 0. The second kappa shape index (κ2) is 7.13. The van der Waals surface area contributed by atoms with Crippen LogP contribution in [0.5, 0.6) is 0 Å². The Hall–Kier alpha value is -2.27. The van der Waals surface area contributed by atoms with Crippen molar-refractivity contribution in [3.8, 4) is 0 Å². The third-order valence-electron chi connectivity index (χ3n) is 3.95. The van der Waals surface area contributed by atoms with E-state index in [-0.39, 0.29) is 5.91 Å². The van der Waals surface area contributed by atoms with Crippen LogP contribution in [0, 0.1) is 0 Å². The van der Waals surface area contributed by atoms with Crippen molar-refractivity contribution in [3.05, 3.63) is 59.7 Å². The molecule has 0 spiro atoms. The van der Waals surface area contributed by atoms with E-state index in [1.54, 1.807) is 6.20 Å². The molecule has 2 heterocycles. The van der Waals surface area contributed by atoms with Crippen LogP contribution in [0.15, 0.2) is 42.9 Å². The minimum absolute atomic E-state index is 0.191. The molecule has 1 aromatic heterocycles. The molecule has 0 bridgehead atoms. The fourth-order valence-electron chi connectivity index (χ4n) is 2.75. The molecule has 1 amide bonds.